The Kier molecular flexibility index (Phi) is 6.44. The van der Waals surface area contributed by atoms with E-state index in [0.29, 0.717) is 38.8 Å². The molecule has 0 spiro atoms. The molecule has 8 heteroatoms. The van der Waals surface area contributed by atoms with Crippen LogP contribution in [-0.4, -0.2) is 29.9 Å². The maximum absolute atomic E-state index is 6.39. The van der Waals surface area contributed by atoms with E-state index in [-0.39, 0.29) is 0 Å². The summed E-state index contributed by atoms with van der Waals surface area (Å²) < 4.78 is 10.7. The van der Waals surface area contributed by atoms with E-state index in [1.807, 2.05) is 49.4 Å². The highest BCUT2D eigenvalue weighted by Gasteiger charge is 2.13. The molecule has 0 aliphatic carbocycles. The number of anilines is 1. The van der Waals surface area contributed by atoms with Crippen LogP contribution in [0, 0.1) is 0 Å². The van der Waals surface area contributed by atoms with Crippen molar-refractivity contribution in [2.75, 3.05) is 19.6 Å². The van der Waals surface area contributed by atoms with Crippen LogP contribution in [0.3, 0.4) is 0 Å². The van der Waals surface area contributed by atoms with Gasteiger partial charge in [-0.3, -0.25) is 5.43 Å². The molecular formula is C24H20Cl2N4O2. The average molecular weight is 467 g/mol. The molecule has 1 heterocycles. The maximum Gasteiger partial charge on any atom is 0.163 e. The zero-order valence-electron chi connectivity index (χ0n) is 17.7. The summed E-state index contributed by atoms with van der Waals surface area (Å²) in [6, 6.07) is 18.6. The SMILES string of the molecule is COc1ccc(/C(C)=N\Nc2nc(-c3ccc(Cl)cc3Cl)nc3ccccc23)cc1OC. The van der Waals surface area contributed by atoms with Gasteiger partial charge in [-0.2, -0.15) is 5.10 Å². The predicted octanol–water partition coefficient (Wildman–Crippen LogP) is 6.46. The fraction of sp³-hybridized carbons (Fsp3) is 0.125. The first kappa shape index (κ1) is 21.9. The number of rotatable bonds is 6. The van der Waals surface area contributed by atoms with Gasteiger partial charge in [0, 0.05) is 21.5 Å². The summed E-state index contributed by atoms with van der Waals surface area (Å²) in [7, 11) is 3.20. The Morgan fingerprint density at radius 1 is 0.906 bits per heavy atom. The number of ether oxygens (including phenoxy) is 2. The van der Waals surface area contributed by atoms with E-state index >= 15 is 0 Å². The van der Waals surface area contributed by atoms with Crippen molar-refractivity contribution >= 4 is 45.6 Å². The van der Waals surface area contributed by atoms with Gasteiger partial charge in [-0.1, -0.05) is 35.3 Å². The van der Waals surface area contributed by atoms with Crippen molar-refractivity contribution in [2.24, 2.45) is 5.10 Å². The maximum atomic E-state index is 6.39. The minimum atomic E-state index is 0.476. The molecule has 0 amide bonds. The lowest BCUT2D eigenvalue weighted by Gasteiger charge is -2.11. The van der Waals surface area contributed by atoms with Crippen LogP contribution in [0.1, 0.15) is 12.5 Å². The standard InChI is InChI=1S/C24H20Cl2N4O2/c1-14(15-8-11-21(31-2)22(12-15)32-3)29-30-24-18-6-4-5-7-20(18)27-23(28-24)17-10-9-16(25)13-19(17)26/h4-13H,1-3H3,(H,27,28,30)/b29-14-. The Morgan fingerprint density at radius 3 is 2.44 bits per heavy atom. The van der Waals surface area contributed by atoms with Gasteiger partial charge in [0.15, 0.2) is 23.1 Å². The molecule has 3 aromatic carbocycles. The van der Waals surface area contributed by atoms with Crippen LogP contribution in [0.4, 0.5) is 5.82 Å². The molecule has 1 N–H and O–H groups in total. The van der Waals surface area contributed by atoms with Crippen molar-refractivity contribution in [3.63, 3.8) is 0 Å². The van der Waals surface area contributed by atoms with Gasteiger partial charge in [-0.05, 0) is 55.5 Å². The van der Waals surface area contributed by atoms with Crippen LogP contribution < -0.4 is 14.9 Å². The first-order valence-corrected chi connectivity index (χ1v) is 10.5. The topological polar surface area (TPSA) is 68.6 Å². The summed E-state index contributed by atoms with van der Waals surface area (Å²) >= 11 is 12.4. The number of hydrogen-bond acceptors (Lipinski definition) is 6. The van der Waals surface area contributed by atoms with Crippen molar-refractivity contribution in [1.29, 1.82) is 0 Å². The molecule has 1 aromatic heterocycles. The number of halogens is 2. The minimum absolute atomic E-state index is 0.476. The second-order valence-electron chi connectivity index (χ2n) is 6.92. The Labute approximate surface area is 195 Å². The van der Waals surface area contributed by atoms with Crippen LogP contribution in [0.25, 0.3) is 22.3 Å². The van der Waals surface area contributed by atoms with E-state index in [4.69, 9.17) is 32.7 Å². The Morgan fingerprint density at radius 2 is 1.69 bits per heavy atom. The first-order valence-electron chi connectivity index (χ1n) is 9.75. The minimum Gasteiger partial charge on any atom is -0.493 e. The third-order valence-corrected chi connectivity index (χ3v) is 5.45. The lowest BCUT2D eigenvalue weighted by atomic mass is 10.1. The number of aromatic nitrogens is 2. The highest BCUT2D eigenvalue weighted by atomic mass is 35.5. The predicted molar refractivity (Wildman–Crippen MR) is 130 cm³/mol. The van der Waals surface area contributed by atoms with Crippen molar-refractivity contribution in [1.82, 2.24) is 9.97 Å². The molecule has 32 heavy (non-hydrogen) atoms. The van der Waals surface area contributed by atoms with Crippen molar-refractivity contribution in [2.45, 2.75) is 6.92 Å². The molecule has 0 bridgehead atoms. The normalized spacial score (nSPS) is 11.5. The first-order chi connectivity index (χ1) is 15.5. The average Bonchev–Trinajstić information content (AvgIpc) is 2.81. The molecule has 0 atom stereocenters. The number of fused-ring (bicyclic) bond motifs is 1. The second-order valence-corrected chi connectivity index (χ2v) is 7.76. The summed E-state index contributed by atoms with van der Waals surface area (Å²) in [6.45, 7) is 1.90. The largest absolute Gasteiger partial charge is 0.493 e. The summed E-state index contributed by atoms with van der Waals surface area (Å²) in [5.41, 5.74) is 6.18. The number of nitrogens with zero attached hydrogens (tertiary/aromatic N) is 3. The molecule has 0 aliphatic rings. The zero-order valence-corrected chi connectivity index (χ0v) is 19.2. The fourth-order valence-corrected chi connectivity index (χ4v) is 3.71. The summed E-state index contributed by atoms with van der Waals surface area (Å²) in [5, 5.41) is 6.41. The quantitative estimate of drug-likeness (QED) is 0.261. The number of hydrogen-bond donors (Lipinski definition) is 1. The Bertz CT molecular complexity index is 1320. The van der Waals surface area contributed by atoms with Crippen molar-refractivity contribution < 1.29 is 9.47 Å². The zero-order chi connectivity index (χ0) is 22.7. The molecule has 0 radical (unpaired) electrons. The molecule has 6 nitrogen and oxygen atoms in total. The van der Waals surface area contributed by atoms with E-state index in [1.54, 1.807) is 32.4 Å². The molecular weight excluding hydrogens is 447 g/mol. The molecule has 0 unspecified atom stereocenters. The van der Waals surface area contributed by atoms with E-state index in [2.05, 4.69) is 20.5 Å². The summed E-state index contributed by atoms with van der Waals surface area (Å²) in [6.07, 6.45) is 0. The highest BCUT2D eigenvalue weighted by molar-refractivity contribution is 6.36. The van der Waals surface area contributed by atoms with Gasteiger partial charge in [-0.25, -0.2) is 9.97 Å². The fourth-order valence-electron chi connectivity index (χ4n) is 3.22. The van der Waals surface area contributed by atoms with E-state index in [9.17, 15) is 0 Å². The molecule has 0 saturated carbocycles. The second kappa shape index (κ2) is 9.42. The van der Waals surface area contributed by atoms with Crippen LogP contribution in [0.5, 0.6) is 11.5 Å². The van der Waals surface area contributed by atoms with Crippen molar-refractivity contribution in [3.8, 4) is 22.9 Å². The monoisotopic (exact) mass is 466 g/mol. The van der Waals surface area contributed by atoms with E-state index in [1.165, 1.54) is 0 Å². The third-order valence-electron chi connectivity index (χ3n) is 4.91. The lowest BCUT2D eigenvalue weighted by molar-refractivity contribution is 0.355. The number of methoxy groups -OCH3 is 2. The molecule has 4 rings (SSSR count). The van der Waals surface area contributed by atoms with E-state index in [0.717, 1.165) is 22.2 Å². The van der Waals surface area contributed by atoms with Crippen molar-refractivity contribution in [3.05, 3.63) is 76.3 Å². The van der Waals surface area contributed by atoms with Gasteiger partial charge >= 0.3 is 0 Å². The Balaban J connectivity index is 1.74. The molecule has 162 valence electrons. The molecule has 0 aliphatic heterocycles. The molecule has 0 fully saturated rings. The van der Waals surface area contributed by atoms with Crippen LogP contribution in [0.15, 0.2) is 65.8 Å². The highest BCUT2D eigenvalue weighted by Crippen LogP contribution is 2.31. The number of benzene rings is 3. The van der Waals surface area contributed by atoms with Gasteiger partial charge in [0.05, 0.1) is 30.5 Å². The van der Waals surface area contributed by atoms with Crippen LogP contribution in [0.2, 0.25) is 10.0 Å². The molecule has 0 saturated heterocycles. The van der Waals surface area contributed by atoms with Gasteiger partial charge in [0.25, 0.3) is 0 Å². The smallest absolute Gasteiger partial charge is 0.163 e. The van der Waals surface area contributed by atoms with Gasteiger partial charge in [-0.15, -0.1) is 0 Å². The van der Waals surface area contributed by atoms with Gasteiger partial charge in [0.1, 0.15) is 0 Å². The van der Waals surface area contributed by atoms with Crippen LogP contribution >= 0.6 is 23.2 Å². The van der Waals surface area contributed by atoms with Gasteiger partial charge in [0.2, 0.25) is 0 Å². The van der Waals surface area contributed by atoms with Gasteiger partial charge < -0.3 is 9.47 Å². The lowest BCUT2D eigenvalue weighted by Crippen LogP contribution is -2.04. The van der Waals surface area contributed by atoms with Crippen LogP contribution in [-0.2, 0) is 0 Å². The number of para-hydroxylation sites is 1. The number of nitrogens with one attached hydrogen (secondary N) is 1. The van der Waals surface area contributed by atoms with E-state index < -0.39 is 0 Å². The molecule has 4 aromatic rings. The summed E-state index contributed by atoms with van der Waals surface area (Å²) in [5.74, 6) is 2.33. The third kappa shape index (κ3) is 4.47. The number of hydrazone groups is 1. The summed E-state index contributed by atoms with van der Waals surface area (Å²) in [4.78, 5) is 9.35. The Hall–Kier alpha value is -3.35.